The molecule has 6 heavy (non-hydrogen) atoms. The molecule has 0 saturated heterocycles. The zero-order valence-corrected chi connectivity index (χ0v) is 2.94. The maximum absolute atomic E-state index is 11.4. The Morgan fingerprint density at radius 3 is 2.83 bits per heavy atom. The number of furan rings is 1. The highest BCUT2D eigenvalue weighted by Crippen LogP contribution is 1.91. The van der Waals surface area contributed by atoms with Crippen molar-refractivity contribution >= 4 is 0 Å². The highest BCUT2D eigenvalue weighted by atomic mass is 19.1. The van der Waals surface area contributed by atoms with Crippen LogP contribution in [0.5, 0.6) is 0 Å². The van der Waals surface area contributed by atoms with Crippen LogP contribution in [0.2, 0.25) is 0 Å². The Labute approximate surface area is 34.4 Å². The van der Waals surface area contributed by atoms with Crippen LogP contribution in [0.15, 0.2) is 16.7 Å². The second kappa shape index (κ2) is 1.12. The molecule has 1 rings (SSSR count). The van der Waals surface area contributed by atoms with Gasteiger partial charge < -0.3 is 4.42 Å². The van der Waals surface area contributed by atoms with Crippen LogP contribution in [-0.4, -0.2) is 0 Å². The third-order valence-corrected chi connectivity index (χ3v) is 0.436. The van der Waals surface area contributed by atoms with E-state index in [1.807, 2.05) is 0 Å². The lowest BCUT2D eigenvalue weighted by atomic mass is 10.7. The highest BCUT2D eigenvalue weighted by molar-refractivity contribution is 4.79. The van der Waals surface area contributed by atoms with Crippen LogP contribution < -0.4 is 0 Å². The predicted molar refractivity (Wildman–Crippen MR) is 17.5 cm³/mol. The van der Waals surface area contributed by atoms with Gasteiger partial charge in [0.2, 0.25) is 0 Å². The molecule has 1 nitrogen and oxygen atoms in total. The number of halogens is 1. The molecule has 1 heterocycles. The van der Waals surface area contributed by atoms with Crippen molar-refractivity contribution in [2.75, 3.05) is 0 Å². The Morgan fingerprint density at radius 2 is 2.67 bits per heavy atom. The fraction of sp³-hybridized carbons (Fsp3) is 0. The van der Waals surface area contributed by atoms with Crippen molar-refractivity contribution in [1.29, 1.82) is 0 Å². The molecule has 0 aliphatic heterocycles. The van der Waals surface area contributed by atoms with Crippen LogP contribution in [0.25, 0.3) is 0 Å². The maximum Gasteiger partial charge on any atom is 0.285 e. The summed E-state index contributed by atoms with van der Waals surface area (Å²) in [6.07, 6.45) is 1.23. The van der Waals surface area contributed by atoms with Gasteiger partial charge in [-0.25, -0.2) is 0 Å². The van der Waals surface area contributed by atoms with E-state index >= 15 is 0 Å². The largest absolute Gasteiger partial charge is 0.439 e. The summed E-state index contributed by atoms with van der Waals surface area (Å²) in [6, 6.07) is 2.88. The standard InChI is InChI=1S/C4H2FO/c5-4-2-1-3-6-4/h1,3H. The van der Waals surface area contributed by atoms with Gasteiger partial charge in [0.25, 0.3) is 6.01 Å². The monoisotopic (exact) mass is 85.0 g/mol. The molecule has 0 aliphatic rings. The van der Waals surface area contributed by atoms with Crippen molar-refractivity contribution in [2.45, 2.75) is 0 Å². The summed E-state index contributed by atoms with van der Waals surface area (Å²) in [7, 11) is 0. The van der Waals surface area contributed by atoms with E-state index in [0.29, 0.717) is 0 Å². The van der Waals surface area contributed by atoms with Gasteiger partial charge >= 0.3 is 0 Å². The average molecular weight is 85.1 g/mol. The van der Waals surface area contributed by atoms with E-state index in [2.05, 4.69) is 10.5 Å². The van der Waals surface area contributed by atoms with Crippen LogP contribution >= 0.6 is 0 Å². The lowest BCUT2D eigenvalue weighted by molar-refractivity contribution is 0.358. The molecule has 0 atom stereocenters. The molecule has 0 spiro atoms. The molecule has 0 bridgehead atoms. The molecule has 0 amide bonds. The summed E-state index contributed by atoms with van der Waals surface area (Å²) in [5.74, 6) is 0. The third kappa shape index (κ3) is 0.407. The van der Waals surface area contributed by atoms with E-state index < -0.39 is 6.01 Å². The topological polar surface area (TPSA) is 13.1 Å². The fourth-order valence-corrected chi connectivity index (χ4v) is 0.227. The molecule has 1 aromatic heterocycles. The lowest BCUT2D eigenvalue weighted by Gasteiger charge is -1.63. The zero-order chi connectivity index (χ0) is 4.41. The summed E-state index contributed by atoms with van der Waals surface area (Å²) in [4.78, 5) is 0. The average Bonchev–Trinajstić information content (AvgIpc) is 1.86. The molecule has 0 N–H and O–H groups in total. The van der Waals surface area contributed by atoms with E-state index in [1.165, 1.54) is 12.3 Å². The molecule has 0 aliphatic carbocycles. The van der Waals surface area contributed by atoms with Crippen LogP contribution in [0, 0.1) is 12.1 Å². The Hall–Kier alpha value is -0.790. The molecule has 0 saturated carbocycles. The first-order valence-electron chi connectivity index (χ1n) is 1.50. The van der Waals surface area contributed by atoms with Crippen molar-refractivity contribution in [3.8, 4) is 0 Å². The molecular weight excluding hydrogens is 83.0 g/mol. The Balaban J connectivity index is 3.05. The fourth-order valence-electron chi connectivity index (χ4n) is 0.227. The van der Waals surface area contributed by atoms with Gasteiger partial charge in [0, 0.05) is 0 Å². The van der Waals surface area contributed by atoms with E-state index in [1.54, 1.807) is 0 Å². The third-order valence-electron chi connectivity index (χ3n) is 0.436. The molecule has 0 aromatic carbocycles. The summed E-state index contributed by atoms with van der Waals surface area (Å²) in [5.41, 5.74) is 0. The minimum atomic E-state index is -0.657. The summed E-state index contributed by atoms with van der Waals surface area (Å²) in [6.45, 7) is 0. The smallest absolute Gasteiger partial charge is 0.285 e. The van der Waals surface area contributed by atoms with Gasteiger partial charge in [0.1, 0.15) is 0 Å². The van der Waals surface area contributed by atoms with E-state index in [9.17, 15) is 4.39 Å². The first kappa shape index (κ1) is 3.40. The Kier molecular flexibility index (Phi) is 0.638. The van der Waals surface area contributed by atoms with E-state index in [4.69, 9.17) is 0 Å². The predicted octanol–water partition coefficient (Wildman–Crippen LogP) is 1.22. The molecule has 31 valence electrons. The van der Waals surface area contributed by atoms with Crippen LogP contribution in [-0.2, 0) is 0 Å². The minimum absolute atomic E-state index is 0.657. The van der Waals surface area contributed by atoms with Crippen molar-refractivity contribution in [3.05, 3.63) is 24.4 Å². The first-order chi connectivity index (χ1) is 2.89. The second-order valence-corrected chi connectivity index (χ2v) is 0.839. The SMILES string of the molecule is Fc1[c]cco1. The number of hydrogen-bond acceptors (Lipinski definition) is 1. The summed E-state index contributed by atoms with van der Waals surface area (Å²) in [5, 5.41) is 0. The van der Waals surface area contributed by atoms with Gasteiger partial charge in [-0.2, -0.15) is 4.39 Å². The van der Waals surface area contributed by atoms with Gasteiger partial charge in [-0.3, -0.25) is 0 Å². The molecular formula is C4H2FO. The van der Waals surface area contributed by atoms with Crippen LogP contribution in [0.4, 0.5) is 4.39 Å². The second-order valence-electron chi connectivity index (χ2n) is 0.839. The van der Waals surface area contributed by atoms with Crippen molar-refractivity contribution in [1.82, 2.24) is 0 Å². The van der Waals surface area contributed by atoms with Crippen molar-refractivity contribution in [2.24, 2.45) is 0 Å². The normalized spacial score (nSPS) is 8.83. The van der Waals surface area contributed by atoms with Crippen molar-refractivity contribution in [3.63, 3.8) is 0 Å². The molecule has 2 heteroatoms. The molecule has 0 unspecified atom stereocenters. The highest BCUT2D eigenvalue weighted by Gasteiger charge is 1.83. The van der Waals surface area contributed by atoms with Gasteiger partial charge in [-0.15, -0.1) is 0 Å². The Morgan fingerprint density at radius 1 is 1.83 bits per heavy atom. The molecule has 1 radical (unpaired) electrons. The van der Waals surface area contributed by atoms with E-state index in [0.717, 1.165) is 0 Å². The number of rotatable bonds is 0. The van der Waals surface area contributed by atoms with Gasteiger partial charge in [0.05, 0.1) is 12.3 Å². The first-order valence-corrected chi connectivity index (χ1v) is 1.50. The van der Waals surface area contributed by atoms with Gasteiger partial charge in [-0.05, 0) is 6.07 Å². The molecule has 0 fully saturated rings. The quantitative estimate of drug-likeness (QED) is 0.461. The zero-order valence-electron chi connectivity index (χ0n) is 2.94. The minimum Gasteiger partial charge on any atom is -0.439 e. The van der Waals surface area contributed by atoms with Gasteiger partial charge in [-0.1, -0.05) is 0 Å². The lowest BCUT2D eigenvalue weighted by Crippen LogP contribution is -1.50. The molecule has 1 aromatic rings. The van der Waals surface area contributed by atoms with E-state index in [-0.39, 0.29) is 0 Å². The maximum atomic E-state index is 11.4. The van der Waals surface area contributed by atoms with Crippen molar-refractivity contribution < 1.29 is 8.81 Å². The van der Waals surface area contributed by atoms with Gasteiger partial charge in [0.15, 0.2) is 0 Å². The van der Waals surface area contributed by atoms with Crippen LogP contribution in [0.1, 0.15) is 0 Å². The summed E-state index contributed by atoms with van der Waals surface area (Å²) >= 11 is 0. The Bertz CT molecular complexity index is 111. The van der Waals surface area contributed by atoms with Crippen LogP contribution in [0.3, 0.4) is 0 Å². The number of hydrogen-bond donors (Lipinski definition) is 0. The summed E-state index contributed by atoms with van der Waals surface area (Å²) < 4.78 is 15.6.